The van der Waals surface area contributed by atoms with Crippen molar-refractivity contribution in [1.82, 2.24) is 4.57 Å². The van der Waals surface area contributed by atoms with Gasteiger partial charge in [-0.15, -0.1) is 0 Å². The summed E-state index contributed by atoms with van der Waals surface area (Å²) in [6, 6.07) is 59.8. The number of nitrogens with zero attached hydrogens (tertiary/aromatic N) is 1. The van der Waals surface area contributed by atoms with Gasteiger partial charge in [0.25, 0.3) is 0 Å². The highest BCUT2D eigenvalue weighted by atomic mass is 31.2. The summed E-state index contributed by atoms with van der Waals surface area (Å²) >= 11 is 0. The van der Waals surface area contributed by atoms with Gasteiger partial charge in [0.05, 0.1) is 16.7 Å². The monoisotopic (exact) mass is 617 g/mol. The van der Waals surface area contributed by atoms with Gasteiger partial charge >= 0.3 is 0 Å². The highest BCUT2D eigenvalue weighted by molar-refractivity contribution is 7.86. The van der Waals surface area contributed by atoms with Gasteiger partial charge < -0.3 is 9.13 Å². The Morgan fingerprint density at radius 2 is 1.02 bits per heavy atom. The molecule has 1 unspecified atom stereocenters. The third-order valence-corrected chi connectivity index (χ3v) is 13.2. The van der Waals surface area contributed by atoms with Crippen LogP contribution in [0, 0.1) is 0 Å². The molecule has 1 atom stereocenters. The molecular formula is C44H28NOP. The normalized spacial score (nSPS) is 15.4. The van der Waals surface area contributed by atoms with Crippen LogP contribution in [0.5, 0.6) is 0 Å². The van der Waals surface area contributed by atoms with Crippen LogP contribution in [0.15, 0.2) is 170 Å². The molecule has 0 radical (unpaired) electrons. The minimum Gasteiger partial charge on any atom is -0.309 e. The van der Waals surface area contributed by atoms with Crippen molar-refractivity contribution in [3.05, 3.63) is 170 Å². The predicted molar refractivity (Wildman–Crippen MR) is 200 cm³/mol. The van der Waals surface area contributed by atoms with Crippen molar-refractivity contribution in [1.29, 1.82) is 0 Å². The van der Waals surface area contributed by atoms with E-state index in [2.05, 4.69) is 138 Å². The molecular weight excluding hydrogens is 589 g/mol. The summed E-state index contributed by atoms with van der Waals surface area (Å²) in [4.78, 5) is 0. The van der Waals surface area contributed by atoms with Crippen molar-refractivity contribution in [2.24, 2.45) is 0 Å². The fraction of sp³-hybridized carbons (Fsp3) is 0. The molecule has 47 heavy (non-hydrogen) atoms. The maximum Gasteiger partial charge on any atom is 0.172 e. The zero-order chi connectivity index (χ0) is 31.1. The summed E-state index contributed by atoms with van der Waals surface area (Å²) in [6.07, 6.45) is 0. The first-order valence-corrected chi connectivity index (χ1v) is 17.8. The van der Waals surface area contributed by atoms with E-state index >= 15 is 4.57 Å². The molecule has 0 fully saturated rings. The molecule has 1 aliphatic rings. The molecule has 1 aromatic heterocycles. The summed E-state index contributed by atoms with van der Waals surface area (Å²) in [5.74, 6) is 0. The SMILES string of the molecule is O=P1(c2ccccc2)c2ccccc2-c2ccc3c(c21)c1ccccc1n3-c1cccc2c(-c3cccc4ccccc34)cccc12. The van der Waals surface area contributed by atoms with Gasteiger partial charge in [-0.05, 0) is 56.6 Å². The van der Waals surface area contributed by atoms with Gasteiger partial charge in [-0.1, -0.05) is 152 Å². The van der Waals surface area contributed by atoms with Crippen molar-refractivity contribution >= 4 is 66.4 Å². The number of hydrogen-bond donors (Lipinski definition) is 0. The topological polar surface area (TPSA) is 22.0 Å². The smallest absolute Gasteiger partial charge is 0.172 e. The second-order valence-electron chi connectivity index (χ2n) is 12.4. The molecule has 0 saturated heterocycles. The van der Waals surface area contributed by atoms with E-state index < -0.39 is 7.14 Å². The number of fused-ring (bicyclic) bond motifs is 9. The van der Waals surface area contributed by atoms with Gasteiger partial charge in [0.1, 0.15) is 0 Å². The third kappa shape index (κ3) is 3.59. The van der Waals surface area contributed by atoms with Crippen LogP contribution in [0.25, 0.3) is 71.3 Å². The van der Waals surface area contributed by atoms with E-state index in [1.54, 1.807) is 0 Å². The third-order valence-electron chi connectivity index (χ3n) is 10.00. The Labute approximate surface area is 272 Å². The van der Waals surface area contributed by atoms with Gasteiger partial charge in [0.15, 0.2) is 7.14 Å². The Morgan fingerprint density at radius 1 is 0.404 bits per heavy atom. The van der Waals surface area contributed by atoms with E-state index in [9.17, 15) is 0 Å². The Morgan fingerprint density at radius 3 is 1.91 bits per heavy atom. The molecule has 3 heteroatoms. The molecule has 0 saturated carbocycles. The zero-order valence-corrected chi connectivity index (χ0v) is 26.4. The van der Waals surface area contributed by atoms with E-state index in [1.165, 1.54) is 32.7 Å². The fourth-order valence-corrected chi connectivity index (χ4v) is 11.3. The van der Waals surface area contributed by atoms with E-state index in [4.69, 9.17) is 0 Å². The van der Waals surface area contributed by atoms with Crippen LogP contribution in [0.2, 0.25) is 0 Å². The maximum absolute atomic E-state index is 15.8. The highest BCUT2D eigenvalue weighted by Crippen LogP contribution is 2.55. The molecule has 2 heterocycles. The van der Waals surface area contributed by atoms with Crippen LogP contribution in [0.4, 0.5) is 0 Å². The largest absolute Gasteiger partial charge is 0.309 e. The van der Waals surface area contributed by atoms with Crippen LogP contribution in [0.3, 0.4) is 0 Å². The van der Waals surface area contributed by atoms with Crippen molar-refractivity contribution in [2.75, 3.05) is 0 Å². The first-order valence-electron chi connectivity index (χ1n) is 16.1. The van der Waals surface area contributed by atoms with Gasteiger partial charge in [-0.3, -0.25) is 0 Å². The van der Waals surface area contributed by atoms with Gasteiger partial charge in [0.2, 0.25) is 0 Å². The quantitative estimate of drug-likeness (QED) is 0.181. The van der Waals surface area contributed by atoms with Crippen molar-refractivity contribution < 1.29 is 4.57 Å². The van der Waals surface area contributed by atoms with E-state index in [0.717, 1.165) is 54.5 Å². The number of para-hydroxylation sites is 1. The lowest BCUT2D eigenvalue weighted by atomic mass is 9.93. The zero-order valence-electron chi connectivity index (χ0n) is 25.5. The lowest BCUT2D eigenvalue weighted by Gasteiger charge is -2.17. The molecule has 2 nitrogen and oxygen atoms in total. The first-order chi connectivity index (χ1) is 23.2. The average Bonchev–Trinajstić information content (AvgIpc) is 3.61. The predicted octanol–water partition coefficient (Wildman–Crippen LogP) is 10.4. The second-order valence-corrected chi connectivity index (χ2v) is 15.0. The molecule has 0 spiro atoms. The molecule has 9 aromatic rings. The lowest BCUT2D eigenvalue weighted by Crippen LogP contribution is -2.21. The number of hydrogen-bond acceptors (Lipinski definition) is 1. The van der Waals surface area contributed by atoms with Crippen LogP contribution in [-0.4, -0.2) is 4.57 Å². The van der Waals surface area contributed by atoms with Gasteiger partial charge in [0, 0.05) is 32.1 Å². The van der Waals surface area contributed by atoms with Crippen LogP contribution < -0.4 is 15.9 Å². The van der Waals surface area contributed by atoms with E-state index in [1.807, 2.05) is 36.4 Å². The second kappa shape index (κ2) is 9.90. The maximum atomic E-state index is 15.8. The molecule has 0 N–H and O–H groups in total. The van der Waals surface area contributed by atoms with Crippen molar-refractivity contribution in [2.45, 2.75) is 0 Å². The van der Waals surface area contributed by atoms with Gasteiger partial charge in [-0.25, -0.2) is 0 Å². The summed E-state index contributed by atoms with van der Waals surface area (Å²) in [6.45, 7) is 0. The minimum absolute atomic E-state index is 0.875. The number of aromatic nitrogens is 1. The minimum atomic E-state index is -3.16. The highest BCUT2D eigenvalue weighted by Gasteiger charge is 2.42. The van der Waals surface area contributed by atoms with Crippen molar-refractivity contribution in [3.63, 3.8) is 0 Å². The summed E-state index contributed by atoms with van der Waals surface area (Å²) < 4.78 is 18.2. The Hall–Kier alpha value is -5.69. The molecule has 10 rings (SSSR count). The Balaban J connectivity index is 1.31. The Kier molecular flexibility index (Phi) is 5.59. The number of rotatable bonds is 3. The Bertz CT molecular complexity index is 2770. The summed E-state index contributed by atoms with van der Waals surface area (Å²) in [5.41, 5.74) is 7.87. The van der Waals surface area contributed by atoms with Crippen LogP contribution in [-0.2, 0) is 4.57 Å². The molecule has 0 bridgehead atoms. The van der Waals surface area contributed by atoms with Gasteiger partial charge in [-0.2, -0.15) is 0 Å². The lowest BCUT2D eigenvalue weighted by molar-refractivity contribution is 0.593. The average molecular weight is 618 g/mol. The molecule has 220 valence electrons. The molecule has 0 amide bonds. The standard InChI is InChI=1S/C44H28NOP/c46-47(30-15-2-1-3-16-30)42-26-9-7-18-36(42)37-27-28-41-43(44(37)47)38-19-6-8-24-40(38)45(41)39-25-12-22-34-33(21-11-23-35(34)39)32-20-10-14-29-13-4-5-17-31(29)32/h1-28H. The van der Waals surface area contributed by atoms with Crippen LogP contribution >= 0.6 is 7.14 Å². The summed E-state index contributed by atoms with van der Waals surface area (Å²) in [7, 11) is -3.16. The van der Waals surface area contributed by atoms with E-state index in [0.29, 0.717) is 0 Å². The molecule has 0 aliphatic carbocycles. The number of benzene rings is 8. The van der Waals surface area contributed by atoms with Crippen LogP contribution in [0.1, 0.15) is 0 Å². The molecule has 8 aromatic carbocycles. The van der Waals surface area contributed by atoms with Crippen molar-refractivity contribution in [3.8, 4) is 27.9 Å². The fourth-order valence-electron chi connectivity index (χ4n) is 8.03. The first kappa shape index (κ1) is 26.5. The molecule has 1 aliphatic heterocycles. The summed E-state index contributed by atoms with van der Waals surface area (Å²) in [5, 5.41) is 9.81. The van der Waals surface area contributed by atoms with E-state index in [-0.39, 0.29) is 0 Å².